The Labute approximate surface area is 148 Å². The first-order chi connectivity index (χ1) is 12.2. The van der Waals surface area contributed by atoms with E-state index in [1.54, 1.807) is 6.20 Å². The van der Waals surface area contributed by atoms with E-state index in [1.807, 2.05) is 12.1 Å². The van der Waals surface area contributed by atoms with Crippen LogP contribution in [0.2, 0.25) is 0 Å². The summed E-state index contributed by atoms with van der Waals surface area (Å²) in [5, 5.41) is 14.8. The second-order valence-corrected chi connectivity index (χ2v) is 6.03. The predicted molar refractivity (Wildman–Crippen MR) is 102 cm³/mol. The number of hydrogen-bond donors (Lipinski definition) is 2. The molecule has 0 spiro atoms. The van der Waals surface area contributed by atoms with Crippen LogP contribution in [0.25, 0.3) is 0 Å². The van der Waals surface area contributed by atoms with Gasteiger partial charge in [-0.05, 0) is 42.5 Å². The topological polar surface area (TPSA) is 62.7 Å². The average molecular weight is 333 g/mol. The van der Waals surface area contributed by atoms with Gasteiger partial charge in [-0.25, -0.2) is 0 Å². The highest BCUT2D eigenvalue weighted by atomic mass is 15.3. The quantitative estimate of drug-likeness (QED) is 0.700. The maximum absolute atomic E-state index is 4.53. The second-order valence-electron chi connectivity index (χ2n) is 6.03. The SMILES string of the molecule is CCc1cccc(C)c1Nc1cnnc(NCc2ccccc2C)n1. The third-order valence-corrected chi connectivity index (χ3v) is 4.25. The number of benzene rings is 2. The summed E-state index contributed by atoms with van der Waals surface area (Å²) in [7, 11) is 0. The molecule has 0 unspecified atom stereocenters. The first kappa shape index (κ1) is 16.9. The maximum atomic E-state index is 4.53. The van der Waals surface area contributed by atoms with Crippen molar-refractivity contribution in [3.63, 3.8) is 0 Å². The van der Waals surface area contributed by atoms with Crippen LogP contribution in [-0.2, 0) is 13.0 Å². The number of para-hydroxylation sites is 1. The number of aryl methyl sites for hydroxylation is 3. The Balaban J connectivity index is 1.75. The van der Waals surface area contributed by atoms with Gasteiger partial charge in [-0.3, -0.25) is 0 Å². The fourth-order valence-corrected chi connectivity index (χ4v) is 2.75. The van der Waals surface area contributed by atoms with Crippen LogP contribution in [0.3, 0.4) is 0 Å². The van der Waals surface area contributed by atoms with E-state index in [0.29, 0.717) is 18.3 Å². The smallest absolute Gasteiger partial charge is 0.244 e. The number of anilines is 3. The number of aromatic nitrogens is 3. The van der Waals surface area contributed by atoms with Gasteiger partial charge >= 0.3 is 0 Å². The van der Waals surface area contributed by atoms with Gasteiger partial charge in [0.2, 0.25) is 5.95 Å². The van der Waals surface area contributed by atoms with Crippen molar-refractivity contribution in [2.75, 3.05) is 10.6 Å². The third-order valence-electron chi connectivity index (χ3n) is 4.25. The van der Waals surface area contributed by atoms with Gasteiger partial charge in [0.1, 0.15) is 0 Å². The van der Waals surface area contributed by atoms with Crippen LogP contribution in [0, 0.1) is 13.8 Å². The molecule has 3 aromatic rings. The minimum Gasteiger partial charge on any atom is -0.349 e. The molecule has 0 aliphatic heterocycles. The van der Waals surface area contributed by atoms with Crippen molar-refractivity contribution in [2.24, 2.45) is 0 Å². The standard InChI is InChI=1S/C20H23N5/c1-4-16-11-7-9-15(3)19(16)23-18-13-22-25-20(24-18)21-12-17-10-6-5-8-14(17)2/h5-11,13H,4,12H2,1-3H3,(H2,21,23,24,25). The number of nitrogens with one attached hydrogen (secondary N) is 2. The fraction of sp³-hybridized carbons (Fsp3) is 0.250. The molecule has 128 valence electrons. The molecular formula is C20H23N5. The lowest BCUT2D eigenvalue weighted by Gasteiger charge is -2.13. The van der Waals surface area contributed by atoms with Crippen LogP contribution in [0.4, 0.5) is 17.5 Å². The van der Waals surface area contributed by atoms with Crippen LogP contribution in [0.1, 0.15) is 29.2 Å². The maximum Gasteiger partial charge on any atom is 0.244 e. The van der Waals surface area contributed by atoms with Crippen molar-refractivity contribution in [2.45, 2.75) is 33.7 Å². The Hall–Kier alpha value is -2.95. The van der Waals surface area contributed by atoms with Crippen LogP contribution >= 0.6 is 0 Å². The van der Waals surface area contributed by atoms with Crippen molar-refractivity contribution in [1.29, 1.82) is 0 Å². The lowest BCUT2D eigenvalue weighted by Crippen LogP contribution is -2.08. The highest BCUT2D eigenvalue weighted by molar-refractivity contribution is 5.64. The normalized spacial score (nSPS) is 10.5. The monoisotopic (exact) mass is 333 g/mol. The molecule has 0 bridgehead atoms. The van der Waals surface area contributed by atoms with Gasteiger partial charge in [0.05, 0.1) is 6.20 Å². The third kappa shape index (κ3) is 4.12. The lowest BCUT2D eigenvalue weighted by atomic mass is 10.1. The van der Waals surface area contributed by atoms with Crippen molar-refractivity contribution in [3.8, 4) is 0 Å². The Bertz CT molecular complexity index is 860. The molecule has 1 heterocycles. The van der Waals surface area contributed by atoms with E-state index in [4.69, 9.17) is 0 Å². The summed E-state index contributed by atoms with van der Waals surface area (Å²) >= 11 is 0. The number of hydrogen-bond acceptors (Lipinski definition) is 5. The molecule has 5 nitrogen and oxygen atoms in total. The van der Waals surface area contributed by atoms with Gasteiger partial charge in [-0.1, -0.05) is 49.4 Å². The first-order valence-corrected chi connectivity index (χ1v) is 8.51. The summed E-state index contributed by atoms with van der Waals surface area (Å²) in [6, 6.07) is 14.6. The Morgan fingerprint density at radius 2 is 1.68 bits per heavy atom. The first-order valence-electron chi connectivity index (χ1n) is 8.51. The largest absolute Gasteiger partial charge is 0.349 e. The Morgan fingerprint density at radius 1 is 0.920 bits per heavy atom. The van der Waals surface area contributed by atoms with E-state index in [-0.39, 0.29) is 0 Å². The molecule has 0 fully saturated rings. The van der Waals surface area contributed by atoms with Gasteiger partial charge in [-0.2, -0.15) is 10.1 Å². The van der Waals surface area contributed by atoms with E-state index in [0.717, 1.165) is 12.1 Å². The van der Waals surface area contributed by atoms with Crippen LogP contribution in [0.15, 0.2) is 48.7 Å². The number of rotatable bonds is 6. The van der Waals surface area contributed by atoms with Gasteiger partial charge in [0, 0.05) is 12.2 Å². The van der Waals surface area contributed by atoms with Crippen LogP contribution < -0.4 is 10.6 Å². The van der Waals surface area contributed by atoms with E-state index in [1.165, 1.54) is 22.3 Å². The molecular weight excluding hydrogens is 310 g/mol. The van der Waals surface area contributed by atoms with E-state index >= 15 is 0 Å². The van der Waals surface area contributed by atoms with Crippen molar-refractivity contribution in [3.05, 3.63) is 70.9 Å². The lowest BCUT2D eigenvalue weighted by molar-refractivity contribution is 0.945. The summed E-state index contributed by atoms with van der Waals surface area (Å²) in [4.78, 5) is 4.53. The molecule has 0 amide bonds. The molecule has 1 aromatic heterocycles. The fourth-order valence-electron chi connectivity index (χ4n) is 2.75. The summed E-state index contributed by atoms with van der Waals surface area (Å²) < 4.78 is 0. The van der Waals surface area contributed by atoms with E-state index < -0.39 is 0 Å². The molecule has 2 N–H and O–H groups in total. The molecule has 0 aliphatic rings. The van der Waals surface area contributed by atoms with Gasteiger partial charge in [-0.15, -0.1) is 5.10 Å². The second kappa shape index (κ2) is 7.75. The molecule has 0 radical (unpaired) electrons. The van der Waals surface area contributed by atoms with Crippen LogP contribution in [0.5, 0.6) is 0 Å². The molecule has 2 aromatic carbocycles. The van der Waals surface area contributed by atoms with Crippen molar-refractivity contribution in [1.82, 2.24) is 15.2 Å². The van der Waals surface area contributed by atoms with Gasteiger partial charge in [0.25, 0.3) is 0 Å². The zero-order valence-corrected chi connectivity index (χ0v) is 14.9. The van der Waals surface area contributed by atoms with E-state index in [2.05, 4.69) is 76.9 Å². The van der Waals surface area contributed by atoms with Crippen LogP contribution in [-0.4, -0.2) is 15.2 Å². The summed E-state index contributed by atoms with van der Waals surface area (Å²) in [5.41, 5.74) is 6.00. The zero-order chi connectivity index (χ0) is 17.6. The summed E-state index contributed by atoms with van der Waals surface area (Å²) in [5.74, 6) is 1.20. The zero-order valence-electron chi connectivity index (χ0n) is 14.9. The molecule has 0 saturated carbocycles. The molecule has 0 atom stereocenters. The van der Waals surface area contributed by atoms with Crippen molar-refractivity contribution < 1.29 is 0 Å². The molecule has 5 heteroatoms. The molecule has 0 saturated heterocycles. The highest BCUT2D eigenvalue weighted by Crippen LogP contribution is 2.24. The van der Waals surface area contributed by atoms with Gasteiger partial charge in [0.15, 0.2) is 5.82 Å². The predicted octanol–water partition coefficient (Wildman–Crippen LogP) is 4.41. The highest BCUT2D eigenvalue weighted by Gasteiger charge is 2.07. The minimum absolute atomic E-state index is 0.514. The van der Waals surface area contributed by atoms with Crippen molar-refractivity contribution >= 4 is 17.5 Å². The Morgan fingerprint density at radius 3 is 2.48 bits per heavy atom. The average Bonchev–Trinajstić information content (AvgIpc) is 2.63. The summed E-state index contributed by atoms with van der Waals surface area (Å²) in [6.45, 7) is 7.00. The Kier molecular flexibility index (Phi) is 5.23. The molecule has 3 rings (SSSR count). The number of nitrogens with zero attached hydrogens (tertiary/aromatic N) is 3. The van der Waals surface area contributed by atoms with E-state index in [9.17, 15) is 0 Å². The molecule has 0 aliphatic carbocycles. The van der Waals surface area contributed by atoms with Gasteiger partial charge < -0.3 is 10.6 Å². The molecule has 25 heavy (non-hydrogen) atoms. The summed E-state index contributed by atoms with van der Waals surface area (Å²) in [6.07, 6.45) is 2.60. The minimum atomic E-state index is 0.514.